The van der Waals surface area contributed by atoms with Crippen LogP contribution in [0.2, 0.25) is 0 Å². The van der Waals surface area contributed by atoms with E-state index in [0.29, 0.717) is 68.6 Å². The lowest BCUT2D eigenvalue weighted by Gasteiger charge is -2.32. The van der Waals surface area contributed by atoms with Crippen molar-refractivity contribution in [2.75, 3.05) is 32.9 Å². The number of halogens is 2. The number of hydrogen-bond donors (Lipinski definition) is 0. The summed E-state index contributed by atoms with van der Waals surface area (Å²) in [6, 6.07) is 3.30. The molecule has 1 aromatic carbocycles. The predicted molar refractivity (Wildman–Crippen MR) is 97.1 cm³/mol. The second-order valence-corrected chi connectivity index (χ2v) is 7.05. The Morgan fingerprint density at radius 2 is 1.48 bits per heavy atom. The van der Waals surface area contributed by atoms with Gasteiger partial charge in [-0.2, -0.15) is 0 Å². The molecular weight excluding hydrogens is 356 g/mol. The van der Waals surface area contributed by atoms with E-state index in [1.165, 1.54) is 0 Å². The first-order chi connectivity index (χ1) is 12.9. The van der Waals surface area contributed by atoms with Crippen molar-refractivity contribution in [2.45, 2.75) is 46.0 Å². The minimum absolute atomic E-state index is 0.0476. The summed E-state index contributed by atoms with van der Waals surface area (Å²) in [4.78, 5) is 14.6. The summed E-state index contributed by atoms with van der Waals surface area (Å²) in [5, 5.41) is 0. The maximum atomic E-state index is 13.6. The Bertz CT molecular complexity index is 672. The zero-order chi connectivity index (χ0) is 19.7. The van der Waals surface area contributed by atoms with E-state index in [-0.39, 0.29) is 12.3 Å². The molecule has 1 aromatic rings. The fourth-order valence-electron chi connectivity index (χ4n) is 3.76. The number of amides is 1. The molecule has 0 atom stereocenters. The molecule has 0 aromatic heterocycles. The van der Waals surface area contributed by atoms with Gasteiger partial charge in [-0.15, -0.1) is 0 Å². The molecule has 1 amide bonds. The number of ether oxygens (including phenoxy) is 3. The van der Waals surface area contributed by atoms with E-state index in [9.17, 15) is 13.6 Å². The largest absolute Gasteiger partial charge is 0.490 e. The van der Waals surface area contributed by atoms with Crippen LogP contribution in [-0.4, -0.2) is 49.6 Å². The second kappa shape index (κ2) is 7.52. The summed E-state index contributed by atoms with van der Waals surface area (Å²) >= 11 is 0. The van der Waals surface area contributed by atoms with Gasteiger partial charge in [-0.25, -0.2) is 8.78 Å². The van der Waals surface area contributed by atoms with Gasteiger partial charge in [-0.3, -0.25) is 4.79 Å². The van der Waals surface area contributed by atoms with Crippen molar-refractivity contribution in [3.63, 3.8) is 0 Å². The lowest BCUT2D eigenvalue weighted by Crippen LogP contribution is -2.40. The van der Waals surface area contributed by atoms with Crippen molar-refractivity contribution in [2.24, 2.45) is 5.41 Å². The van der Waals surface area contributed by atoms with Crippen LogP contribution in [0.25, 0.3) is 0 Å². The number of carbonyl (C=O) groups excluding carboxylic acids is 1. The fraction of sp³-hybridized carbons (Fsp3) is 0.650. The van der Waals surface area contributed by atoms with E-state index >= 15 is 0 Å². The van der Waals surface area contributed by atoms with Crippen molar-refractivity contribution in [3.05, 3.63) is 17.7 Å². The van der Waals surface area contributed by atoms with Gasteiger partial charge in [0.15, 0.2) is 11.5 Å². The van der Waals surface area contributed by atoms with Crippen LogP contribution in [0.15, 0.2) is 12.1 Å². The third-order valence-electron chi connectivity index (χ3n) is 5.38. The molecule has 5 nitrogen and oxygen atoms in total. The Morgan fingerprint density at radius 1 is 1.00 bits per heavy atom. The summed E-state index contributed by atoms with van der Waals surface area (Å²) in [5.74, 6) is -1.37. The molecule has 2 fully saturated rings. The number of nitrogens with zero attached hydrogens (tertiary/aromatic N) is 1. The molecule has 1 heterocycles. The lowest BCUT2D eigenvalue weighted by molar-refractivity contribution is 0.0284. The number of benzene rings is 1. The molecule has 3 rings (SSSR count). The zero-order valence-electron chi connectivity index (χ0n) is 16.1. The Balaban J connectivity index is 1.81. The number of alkyl halides is 2. The highest BCUT2D eigenvalue weighted by atomic mass is 19.3. The van der Waals surface area contributed by atoms with Gasteiger partial charge >= 0.3 is 0 Å². The van der Waals surface area contributed by atoms with Gasteiger partial charge in [0, 0.05) is 30.5 Å². The molecule has 1 saturated heterocycles. The van der Waals surface area contributed by atoms with E-state index in [1.807, 2.05) is 20.8 Å². The van der Waals surface area contributed by atoms with Crippen LogP contribution in [-0.2, 0) is 0 Å². The topological polar surface area (TPSA) is 48.0 Å². The smallest absolute Gasteiger partial charge is 0.254 e. The fourth-order valence-corrected chi connectivity index (χ4v) is 3.76. The first-order valence-electron chi connectivity index (χ1n) is 9.61. The second-order valence-electron chi connectivity index (χ2n) is 7.05. The molecule has 1 aliphatic carbocycles. The average molecular weight is 383 g/mol. The summed E-state index contributed by atoms with van der Waals surface area (Å²) in [5.41, 5.74) is -0.459. The SMILES string of the molecule is CCOc1cc(C(=O)N2CCC3(CC2)CC3(F)F)cc(OCC)c1OCC. The van der Waals surface area contributed by atoms with E-state index in [1.54, 1.807) is 17.0 Å². The maximum absolute atomic E-state index is 13.6. The monoisotopic (exact) mass is 383 g/mol. The Hall–Kier alpha value is -2.05. The lowest BCUT2D eigenvalue weighted by atomic mass is 9.92. The van der Waals surface area contributed by atoms with E-state index in [4.69, 9.17) is 14.2 Å². The Labute approximate surface area is 158 Å². The third kappa shape index (κ3) is 3.69. The number of likely N-dealkylation sites (tertiary alicyclic amines) is 1. The summed E-state index contributed by atoms with van der Waals surface area (Å²) in [7, 11) is 0. The molecule has 0 radical (unpaired) electrons. The van der Waals surface area contributed by atoms with E-state index in [0.717, 1.165) is 0 Å². The van der Waals surface area contributed by atoms with Crippen LogP contribution < -0.4 is 14.2 Å². The normalized spacial score (nSPS) is 19.7. The van der Waals surface area contributed by atoms with Gasteiger partial charge in [0.25, 0.3) is 11.8 Å². The highest BCUT2D eigenvalue weighted by Gasteiger charge is 2.70. The van der Waals surface area contributed by atoms with Crippen LogP contribution in [0, 0.1) is 5.41 Å². The number of hydrogen-bond acceptors (Lipinski definition) is 4. The van der Waals surface area contributed by atoms with E-state index in [2.05, 4.69) is 0 Å². The molecule has 150 valence electrons. The van der Waals surface area contributed by atoms with Crippen LogP contribution in [0.4, 0.5) is 8.78 Å². The van der Waals surface area contributed by atoms with Crippen molar-refractivity contribution < 1.29 is 27.8 Å². The van der Waals surface area contributed by atoms with Gasteiger partial charge < -0.3 is 19.1 Å². The van der Waals surface area contributed by atoms with Crippen LogP contribution in [0.5, 0.6) is 17.2 Å². The quantitative estimate of drug-likeness (QED) is 0.710. The van der Waals surface area contributed by atoms with Crippen molar-refractivity contribution >= 4 is 5.91 Å². The van der Waals surface area contributed by atoms with Crippen LogP contribution in [0.1, 0.15) is 50.4 Å². The average Bonchev–Trinajstić information content (AvgIpc) is 3.17. The van der Waals surface area contributed by atoms with Crippen molar-refractivity contribution in [3.8, 4) is 17.2 Å². The van der Waals surface area contributed by atoms with Gasteiger partial charge in [0.2, 0.25) is 5.75 Å². The standard InChI is InChI=1S/C20H27F2NO4/c1-4-25-15-11-14(12-16(26-5-2)17(15)27-6-3)18(24)23-9-7-19(8-10-23)13-20(19,21)22/h11-12H,4-10,13H2,1-3H3. The van der Waals surface area contributed by atoms with Crippen LogP contribution in [0.3, 0.4) is 0 Å². The molecule has 1 spiro atoms. The van der Waals surface area contributed by atoms with Gasteiger partial charge in [-0.1, -0.05) is 0 Å². The first kappa shape index (κ1) is 19.7. The van der Waals surface area contributed by atoms with Crippen molar-refractivity contribution in [1.82, 2.24) is 4.90 Å². The van der Waals surface area contributed by atoms with Gasteiger partial charge in [0.05, 0.1) is 19.8 Å². The molecule has 27 heavy (non-hydrogen) atoms. The Morgan fingerprint density at radius 3 is 1.89 bits per heavy atom. The molecular formula is C20H27F2NO4. The summed E-state index contributed by atoms with van der Waals surface area (Å²) in [6.45, 7) is 7.53. The predicted octanol–water partition coefficient (Wildman–Crippen LogP) is 4.14. The molecule has 2 aliphatic rings. The summed E-state index contributed by atoms with van der Waals surface area (Å²) in [6.07, 6.45) is 0.646. The van der Waals surface area contributed by atoms with Gasteiger partial charge in [0.1, 0.15) is 0 Å². The van der Waals surface area contributed by atoms with Crippen LogP contribution >= 0.6 is 0 Å². The minimum atomic E-state index is -2.56. The molecule has 7 heteroatoms. The molecule has 1 aliphatic heterocycles. The van der Waals surface area contributed by atoms with Gasteiger partial charge in [-0.05, 0) is 45.7 Å². The van der Waals surface area contributed by atoms with Crippen molar-refractivity contribution in [1.29, 1.82) is 0 Å². The molecule has 0 bridgehead atoms. The Kier molecular flexibility index (Phi) is 5.49. The molecule has 1 saturated carbocycles. The maximum Gasteiger partial charge on any atom is 0.254 e. The highest BCUT2D eigenvalue weighted by Crippen LogP contribution is 2.65. The number of rotatable bonds is 7. The summed E-state index contributed by atoms with van der Waals surface area (Å²) < 4.78 is 44.1. The minimum Gasteiger partial charge on any atom is -0.490 e. The molecule has 0 N–H and O–H groups in total. The first-order valence-corrected chi connectivity index (χ1v) is 9.61. The number of carbonyl (C=O) groups is 1. The zero-order valence-corrected chi connectivity index (χ0v) is 16.1. The number of piperidine rings is 1. The van der Waals surface area contributed by atoms with E-state index < -0.39 is 11.3 Å². The highest BCUT2D eigenvalue weighted by molar-refractivity contribution is 5.95. The third-order valence-corrected chi connectivity index (χ3v) is 5.38. The molecule has 0 unspecified atom stereocenters.